The number of nitrogens with two attached hydrogens (primary N) is 3. The Morgan fingerprint density at radius 3 is 1.26 bits per heavy atom. The van der Waals surface area contributed by atoms with Crippen LogP contribution >= 0.6 is 0 Å². The molecule has 6 aliphatic heterocycles. The predicted octanol–water partition coefficient (Wildman–Crippen LogP) is 7.91. The molecule has 0 aliphatic carbocycles. The van der Waals surface area contributed by atoms with Crippen molar-refractivity contribution in [2.75, 3.05) is 59.1 Å². The number of amidine groups is 3. The average Bonchev–Trinajstić information content (AvgIpc) is 1.78. The normalized spacial score (nSPS) is 18.9. The van der Waals surface area contributed by atoms with Crippen molar-refractivity contribution in [2.45, 2.75) is 62.7 Å². The van der Waals surface area contributed by atoms with E-state index in [4.69, 9.17) is 31.4 Å². The topological polar surface area (TPSA) is 373 Å². The van der Waals surface area contributed by atoms with Crippen molar-refractivity contribution >= 4 is 76.2 Å². The molecule has 31 heteroatoms. The molecule has 0 saturated carbocycles. The molecule has 3 saturated heterocycles. The third-order valence-corrected chi connectivity index (χ3v) is 22.9. The largest absolute Gasteiger partial charge is 0.492 e. The van der Waals surface area contributed by atoms with Gasteiger partial charge in [-0.2, -0.15) is 5.10 Å². The molecule has 6 aliphatic rings. The Hall–Kier alpha value is -11.6. The molecule has 3 fully saturated rings. The Kier molecular flexibility index (Phi) is 20.9. The second-order valence-corrected chi connectivity index (χ2v) is 32.0. The standard InChI is InChI=1S/C28H27N5O4S.C25H27N5O4S.C23H24N6O4S/c29-27-26-22(18-38(35,36)31-27)7-3-9-24(26)37-17-19-5-4-13-32(16-19)28(34)21-10-12-30-25(15-21)33-14-11-20-6-1-2-8-23(20)33;1-17-5-3-12-30(17)22-13-19(9-10-27-22)25(31)29-11-4-6-18(14-29)15-34-21-8-2-7-20-16-35(32,33)28-24(26)23(20)21;24-22-21-18(15-34(31,32)27-22)5-1-6-19(21)33-14-16-4-2-10-28(13-16)23(30)17-7-9-25-20(12-17)29-11-3-8-26-29/h1-3,6-12,14-15,19H,4-5,13,16-18H2,(H2,29,31);2-3,5,7-10,12-13,18H,4,6,11,14-16H2,1H3,(H2,26,28);1,3,5-9,11-12,16H,2,4,10,13-15H2,(H2,24,27)/t19-;18-;16-/m000/s1. The number of sulfonamides is 3. The van der Waals surface area contributed by atoms with E-state index in [2.05, 4.69) is 33.2 Å². The zero-order chi connectivity index (χ0) is 74.6. The molecule has 6 aromatic heterocycles. The van der Waals surface area contributed by atoms with Gasteiger partial charge < -0.3 is 55.2 Å². The van der Waals surface area contributed by atoms with Crippen LogP contribution in [0.25, 0.3) is 28.4 Å². The van der Waals surface area contributed by atoms with Crippen LogP contribution in [0.5, 0.6) is 17.2 Å². The van der Waals surface area contributed by atoms with Gasteiger partial charge in [0.05, 0.1) is 59.3 Å². The number of aromatic nitrogens is 7. The molecule has 552 valence electrons. The third kappa shape index (κ3) is 16.6. The zero-order valence-corrected chi connectivity index (χ0v) is 60.9. The summed E-state index contributed by atoms with van der Waals surface area (Å²) in [5.74, 6) is 3.09. The van der Waals surface area contributed by atoms with Crippen molar-refractivity contribution in [1.82, 2.24) is 48.6 Å². The van der Waals surface area contributed by atoms with Crippen LogP contribution in [0.15, 0.2) is 196 Å². The molecule has 3 atom stereocenters. The van der Waals surface area contributed by atoms with Crippen LogP contribution in [-0.4, -0.2) is 168 Å². The van der Waals surface area contributed by atoms with Crippen LogP contribution < -0.4 is 31.4 Å². The highest BCUT2D eigenvalue weighted by Crippen LogP contribution is 2.34. The SMILES string of the molecule is Cc1cccn1-c1cc(C(=O)N2CCC[C@H](COc3cccc4c3C(N)=NS(=O)(=O)C4)C2)ccn1.NC1=NS(=O)(=O)Cc2cccc(OC[C@H]3CCCN(C(=O)c4ccnc(-n5ccc6ccccc65)c4)C3)c21.NC1=NS(=O)(=O)Cc2cccc(OC[C@H]3CCCN(C(=O)c4ccnc(-n5cccn5)c4)C3)c21. The maximum atomic E-state index is 13.5. The van der Waals surface area contributed by atoms with E-state index in [1.54, 1.807) is 121 Å². The molecule has 0 bridgehead atoms. The van der Waals surface area contributed by atoms with E-state index in [1.165, 1.54) is 0 Å². The highest BCUT2D eigenvalue weighted by atomic mass is 32.2. The quantitative estimate of drug-likeness (QED) is 0.0877. The fourth-order valence-electron chi connectivity index (χ4n) is 14.4. The molecule has 4 aromatic carbocycles. The lowest BCUT2D eigenvalue weighted by Gasteiger charge is -2.33. The minimum Gasteiger partial charge on any atom is -0.492 e. The number of para-hydroxylation sites is 1. The fraction of sp³-hybridized carbons (Fsp3) is 0.289. The zero-order valence-electron chi connectivity index (χ0n) is 58.5. The minimum absolute atomic E-state index is 0.0261. The van der Waals surface area contributed by atoms with Gasteiger partial charge in [0.2, 0.25) is 0 Å². The summed E-state index contributed by atoms with van der Waals surface area (Å²) in [5, 5.41) is 5.28. The fourth-order valence-corrected chi connectivity index (χ4v) is 17.6. The first-order valence-corrected chi connectivity index (χ1v) is 39.9. The van der Waals surface area contributed by atoms with E-state index in [1.807, 2.05) is 97.7 Å². The van der Waals surface area contributed by atoms with Gasteiger partial charge >= 0.3 is 0 Å². The van der Waals surface area contributed by atoms with Gasteiger partial charge in [0.1, 0.15) is 46.4 Å². The first kappa shape index (κ1) is 72.4. The van der Waals surface area contributed by atoms with Crippen LogP contribution in [0.1, 0.15) is 109 Å². The van der Waals surface area contributed by atoms with Gasteiger partial charge in [-0.1, -0.05) is 54.6 Å². The van der Waals surface area contributed by atoms with Crippen molar-refractivity contribution in [3.05, 3.63) is 239 Å². The van der Waals surface area contributed by atoms with Gasteiger partial charge in [0.15, 0.2) is 5.82 Å². The van der Waals surface area contributed by atoms with Crippen molar-refractivity contribution in [3.8, 4) is 34.7 Å². The average molecular weight is 1500 g/mol. The number of hydrogen-bond donors (Lipinski definition) is 3. The Morgan fingerprint density at radius 2 is 0.850 bits per heavy atom. The van der Waals surface area contributed by atoms with Gasteiger partial charge in [0.25, 0.3) is 47.8 Å². The number of hydrogen-bond acceptors (Lipinski definition) is 19. The Morgan fingerprint density at radius 1 is 0.439 bits per heavy atom. The molecular weight excluding hydrogens is 1430 g/mol. The second-order valence-electron chi connectivity index (χ2n) is 27.1. The van der Waals surface area contributed by atoms with E-state index in [9.17, 15) is 39.6 Å². The summed E-state index contributed by atoms with van der Waals surface area (Å²) >= 11 is 0. The first-order chi connectivity index (χ1) is 51.6. The van der Waals surface area contributed by atoms with Gasteiger partial charge in [-0.05, 0) is 152 Å². The van der Waals surface area contributed by atoms with Gasteiger partial charge in [-0.25, -0.2) is 44.9 Å². The summed E-state index contributed by atoms with van der Waals surface area (Å²) in [6.45, 7) is 6.90. The highest BCUT2D eigenvalue weighted by Gasteiger charge is 2.33. The molecule has 0 radical (unpaired) electrons. The van der Waals surface area contributed by atoms with Gasteiger partial charge in [-0.3, -0.25) is 14.4 Å². The number of piperidine rings is 3. The first-order valence-electron chi connectivity index (χ1n) is 35.0. The number of carbonyl (C=O) groups is 3. The highest BCUT2D eigenvalue weighted by molar-refractivity contribution is 7.90. The lowest BCUT2D eigenvalue weighted by atomic mass is 9.98. The molecule has 16 rings (SSSR count). The van der Waals surface area contributed by atoms with Crippen LogP contribution in [-0.2, 0) is 47.3 Å². The maximum absolute atomic E-state index is 13.5. The number of aryl methyl sites for hydroxylation is 1. The van der Waals surface area contributed by atoms with E-state index < -0.39 is 30.1 Å². The molecule has 3 amide bonds. The van der Waals surface area contributed by atoms with Crippen molar-refractivity contribution in [3.63, 3.8) is 0 Å². The predicted molar refractivity (Wildman–Crippen MR) is 402 cm³/mol. The van der Waals surface area contributed by atoms with Crippen LogP contribution in [0, 0.1) is 24.7 Å². The Balaban J connectivity index is 0.000000135. The summed E-state index contributed by atoms with van der Waals surface area (Å²) in [5.41, 5.74) is 25.0. The number of benzene rings is 4. The molecule has 107 heavy (non-hydrogen) atoms. The number of likely N-dealkylation sites (tertiary alicyclic amines) is 3. The van der Waals surface area contributed by atoms with Gasteiger partial charge in [0, 0.05) is 123 Å². The van der Waals surface area contributed by atoms with Crippen LogP contribution in [0.3, 0.4) is 0 Å². The number of fused-ring (bicyclic) bond motifs is 4. The minimum atomic E-state index is -3.61. The van der Waals surface area contributed by atoms with Crippen LogP contribution in [0.2, 0.25) is 0 Å². The van der Waals surface area contributed by atoms with E-state index in [0.717, 1.165) is 55.1 Å². The van der Waals surface area contributed by atoms with Crippen molar-refractivity contribution in [1.29, 1.82) is 0 Å². The van der Waals surface area contributed by atoms with Crippen LogP contribution in [0.4, 0.5) is 0 Å². The summed E-state index contributed by atoms with van der Waals surface area (Å²) in [7, 11) is -10.8. The third-order valence-electron chi connectivity index (χ3n) is 19.4. The number of rotatable bonds is 15. The number of pyridine rings is 3. The molecule has 12 heterocycles. The van der Waals surface area contributed by atoms with Crippen molar-refractivity contribution in [2.24, 2.45) is 48.1 Å². The van der Waals surface area contributed by atoms with Crippen molar-refractivity contribution < 1.29 is 53.8 Å². The molecule has 0 unspecified atom stereocenters. The molecular formula is C76H78N16O12S3. The number of nitrogens with zero attached hydrogens (tertiary/aromatic N) is 13. The monoisotopic (exact) mass is 1500 g/mol. The van der Waals surface area contributed by atoms with E-state index in [-0.39, 0.29) is 70.2 Å². The summed E-state index contributed by atoms with van der Waals surface area (Å²) < 4.78 is 106. The number of amides is 3. The lowest BCUT2D eigenvalue weighted by molar-refractivity contribution is 0.0626. The van der Waals surface area contributed by atoms with E-state index in [0.29, 0.717) is 144 Å². The summed E-state index contributed by atoms with van der Waals surface area (Å²) in [6, 6.07) is 42.2. The Labute approximate surface area is 618 Å². The molecule has 28 nitrogen and oxygen atoms in total. The molecule has 0 spiro atoms. The molecule has 10 aromatic rings. The molecule has 6 N–H and O–H groups in total. The maximum Gasteiger partial charge on any atom is 0.259 e. The number of ether oxygens (including phenoxy) is 3. The Bertz CT molecular complexity index is 5510. The lowest BCUT2D eigenvalue weighted by Crippen LogP contribution is -2.41. The van der Waals surface area contributed by atoms with Gasteiger partial charge in [-0.15, -0.1) is 13.2 Å². The summed E-state index contributed by atoms with van der Waals surface area (Å²) in [6.07, 6.45) is 17.7. The second kappa shape index (κ2) is 30.9. The number of carbonyl (C=O) groups excluding carboxylic acids is 3. The smallest absolute Gasteiger partial charge is 0.259 e. The van der Waals surface area contributed by atoms with E-state index >= 15 is 0 Å². The summed E-state index contributed by atoms with van der Waals surface area (Å²) in [4.78, 5) is 58.7.